The number of nitrogens with one attached hydrogen (secondary N) is 1. The fourth-order valence-electron chi connectivity index (χ4n) is 1.59. The maximum Gasteiger partial charge on any atom is 0.138 e. The first-order valence-corrected chi connectivity index (χ1v) is 7.84. The summed E-state index contributed by atoms with van der Waals surface area (Å²) in [6.07, 6.45) is 3.71. The van der Waals surface area contributed by atoms with Crippen molar-refractivity contribution in [1.29, 1.82) is 0 Å². The first-order valence-electron chi connectivity index (χ1n) is 6.85. The fourth-order valence-corrected chi connectivity index (χ4v) is 2.37. The molecule has 2 rings (SSSR count). The molecular formula is C16H20FN3S. The SMILES string of the molecule is CC(C)(C)NCc1cnc(CSc2ccc(F)cc2)nc1. The molecule has 0 aliphatic rings. The van der Waals surface area contributed by atoms with E-state index in [1.54, 1.807) is 23.9 Å². The summed E-state index contributed by atoms with van der Waals surface area (Å²) in [5.74, 6) is 1.24. The minimum atomic E-state index is -0.216. The van der Waals surface area contributed by atoms with E-state index in [1.165, 1.54) is 12.1 Å². The van der Waals surface area contributed by atoms with E-state index in [0.29, 0.717) is 5.75 Å². The Morgan fingerprint density at radius 3 is 2.29 bits per heavy atom. The van der Waals surface area contributed by atoms with Crippen LogP contribution in [-0.4, -0.2) is 15.5 Å². The summed E-state index contributed by atoms with van der Waals surface area (Å²) in [6.45, 7) is 7.14. The van der Waals surface area contributed by atoms with Crippen molar-refractivity contribution in [2.75, 3.05) is 0 Å². The van der Waals surface area contributed by atoms with E-state index in [4.69, 9.17) is 0 Å². The van der Waals surface area contributed by atoms with E-state index in [0.717, 1.165) is 22.8 Å². The van der Waals surface area contributed by atoms with E-state index in [1.807, 2.05) is 12.4 Å². The van der Waals surface area contributed by atoms with Crippen LogP contribution in [0.5, 0.6) is 0 Å². The minimum absolute atomic E-state index is 0.0805. The molecule has 1 aromatic heterocycles. The van der Waals surface area contributed by atoms with Crippen molar-refractivity contribution in [3.05, 3.63) is 53.9 Å². The molecule has 0 amide bonds. The Morgan fingerprint density at radius 2 is 1.71 bits per heavy atom. The third-order valence-corrected chi connectivity index (χ3v) is 3.77. The molecule has 1 N–H and O–H groups in total. The molecule has 112 valence electrons. The molecule has 1 heterocycles. The van der Waals surface area contributed by atoms with Gasteiger partial charge in [-0.05, 0) is 45.0 Å². The van der Waals surface area contributed by atoms with Gasteiger partial charge >= 0.3 is 0 Å². The molecule has 2 aromatic rings. The van der Waals surface area contributed by atoms with Gasteiger partial charge in [0.25, 0.3) is 0 Å². The molecule has 1 aromatic carbocycles. The molecule has 3 nitrogen and oxygen atoms in total. The van der Waals surface area contributed by atoms with Crippen LogP contribution >= 0.6 is 11.8 Å². The van der Waals surface area contributed by atoms with E-state index >= 15 is 0 Å². The van der Waals surface area contributed by atoms with E-state index in [9.17, 15) is 4.39 Å². The monoisotopic (exact) mass is 305 g/mol. The highest BCUT2D eigenvalue weighted by atomic mass is 32.2. The van der Waals surface area contributed by atoms with E-state index in [-0.39, 0.29) is 11.4 Å². The zero-order valence-electron chi connectivity index (χ0n) is 12.6. The van der Waals surface area contributed by atoms with Crippen LogP contribution in [0, 0.1) is 5.82 Å². The lowest BCUT2D eigenvalue weighted by atomic mass is 10.1. The predicted octanol–water partition coefficient (Wildman–Crippen LogP) is 3.80. The largest absolute Gasteiger partial charge is 0.308 e. The van der Waals surface area contributed by atoms with Crippen molar-refractivity contribution < 1.29 is 4.39 Å². The molecule has 21 heavy (non-hydrogen) atoms. The van der Waals surface area contributed by atoms with Crippen LogP contribution in [0.4, 0.5) is 4.39 Å². The summed E-state index contributed by atoms with van der Waals surface area (Å²) in [6, 6.07) is 6.46. The standard InChI is InChI=1S/C16H20FN3S/c1-16(2,3)20-10-12-8-18-15(19-9-12)11-21-14-6-4-13(17)5-7-14/h4-9,20H,10-11H2,1-3H3. The number of halogens is 1. The zero-order chi connectivity index (χ0) is 15.3. The van der Waals surface area contributed by atoms with Gasteiger partial charge in [-0.2, -0.15) is 0 Å². The van der Waals surface area contributed by atoms with Gasteiger partial charge in [0.2, 0.25) is 0 Å². The lowest BCUT2D eigenvalue weighted by Gasteiger charge is -2.20. The van der Waals surface area contributed by atoms with Crippen molar-refractivity contribution in [1.82, 2.24) is 15.3 Å². The van der Waals surface area contributed by atoms with Crippen molar-refractivity contribution in [2.24, 2.45) is 0 Å². The Labute approximate surface area is 129 Å². The molecule has 0 saturated heterocycles. The third kappa shape index (κ3) is 5.81. The second-order valence-electron chi connectivity index (χ2n) is 5.85. The Morgan fingerprint density at radius 1 is 1.10 bits per heavy atom. The van der Waals surface area contributed by atoms with Gasteiger partial charge in [0, 0.05) is 34.9 Å². The lowest BCUT2D eigenvalue weighted by Crippen LogP contribution is -2.35. The molecule has 0 unspecified atom stereocenters. The molecule has 0 radical (unpaired) electrons. The van der Waals surface area contributed by atoms with Crippen LogP contribution < -0.4 is 5.32 Å². The van der Waals surface area contributed by atoms with Crippen molar-refractivity contribution in [3.63, 3.8) is 0 Å². The van der Waals surface area contributed by atoms with Crippen LogP contribution in [0.25, 0.3) is 0 Å². The zero-order valence-corrected chi connectivity index (χ0v) is 13.4. The Bertz CT molecular complexity index is 562. The average Bonchev–Trinajstić information content (AvgIpc) is 2.45. The highest BCUT2D eigenvalue weighted by molar-refractivity contribution is 7.98. The summed E-state index contributed by atoms with van der Waals surface area (Å²) in [5, 5.41) is 3.40. The van der Waals surface area contributed by atoms with Gasteiger partial charge in [-0.1, -0.05) is 0 Å². The molecule has 0 aliphatic heterocycles. The van der Waals surface area contributed by atoms with Crippen LogP contribution in [0.2, 0.25) is 0 Å². The number of benzene rings is 1. The van der Waals surface area contributed by atoms with Crippen molar-refractivity contribution in [2.45, 2.75) is 43.5 Å². The van der Waals surface area contributed by atoms with Crippen LogP contribution in [-0.2, 0) is 12.3 Å². The quantitative estimate of drug-likeness (QED) is 0.853. The second kappa shape index (κ2) is 7.00. The number of rotatable bonds is 5. The van der Waals surface area contributed by atoms with Crippen LogP contribution in [0.3, 0.4) is 0 Å². The third-order valence-electron chi connectivity index (χ3n) is 2.76. The maximum absolute atomic E-state index is 12.8. The summed E-state index contributed by atoms with van der Waals surface area (Å²) >= 11 is 1.60. The highest BCUT2D eigenvalue weighted by Crippen LogP contribution is 2.21. The van der Waals surface area contributed by atoms with Crippen molar-refractivity contribution >= 4 is 11.8 Å². The summed E-state index contributed by atoms with van der Waals surface area (Å²) in [5.41, 5.74) is 1.15. The van der Waals surface area contributed by atoms with Gasteiger partial charge in [-0.25, -0.2) is 14.4 Å². The number of hydrogen-bond donors (Lipinski definition) is 1. The van der Waals surface area contributed by atoms with Gasteiger partial charge < -0.3 is 5.32 Å². The Hall–Kier alpha value is -1.46. The first-order chi connectivity index (χ1) is 9.92. The molecule has 5 heteroatoms. The number of aromatic nitrogens is 2. The molecule has 0 atom stereocenters. The first kappa shape index (κ1) is 15.9. The minimum Gasteiger partial charge on any atom is -0.308 e. The van der Waals surface area contributed by atoms with Gasteiger partial charge in [-0.15, -0.1) is 11.8 Å². The van der Waals surface area contributed by atoms with Gasteiger partial charge in [0.05, 0.1) is 5.75 Å². The maximum atomic E-state index is 12.8. The molecule has 0 spiro atoms. The van der Waals surface area contributed by atoms with Gasteiger partial charge in [0.15, 0.2) is 0 Å². The topological polar surface area (TPSA) is 37.8 Å². The lowest BCUT2D eigenvalue weighted by molar-refractivity contribution is 0.423. The molecule has 0 aliphatic carbocycles. The molecule has 0 bridgehead atoms. The normalized spacial score (nSPS) is 11.6. The number of nitrogens with zero attached hydrogens (tertiary/aromatic N) is 2. The molecular weight excluding hydrogens is 285 g/mol. The smallest absolute Gasteiger partial charge is 0.138 e. The summed E-state index contributed by atoms with van der Waals surface area (Å²) in [7, 11) is 0. The Balaban J connectivity index is 1.86. The second-order valence-corrected chi connectivity index (χ2v) is 6.90. The van der Waals surface area contributed by atoms with E-state index < -0.39 is 0 Å². The van der Waals surface area contributed by atoms with E-state index in [2.05, 4.69) is 36.1 Å². The fraction of sp³-hybridized carbons (Fsp3) is 0.375. The number of hydrogen-bond acceptors (Lipinski definition) is 4. The Kier molecular flexibility index (Phi) is 5.31. The van der Waals surface area contributed by atoms with Gasteiger partial charge in [-0.3, -0.25) is 0 Å². The predicted molar refractivity (Wildman–Crippen MR) is 84.6 cm³/mol. The molecule has 0 saturated carbocycles. The summed E-state index contributed by atoms with van der Waals surface area (Å²) in [4.78, 5) is 9.74. The van der Waals surface area contributed by atoms with Crippen LogP contribution in [0.1, 0.15) is 32.2 Å². The number of thioether (sulfide) groups is 1. The van der Waals surface area contributed by atoms with Gasteiger partial charge in [0.1, 0.15) is 11.6 Å². The average molecular weight is 305 g/mol. The molecule has 0 fully saturated rings. The van der Waals surface area contributed by atoms with Crippen LogP contribution in [0.15, 0.2) is 41.6 Å². The summed E-state index contributed by atoms with van der Waals surface area (Å²) < 4.78 is 12.8. The van der Waals surface area contributed by atoms with Crippen molar-refractivity contribution in [3.8, 4) is 0 Å². The highest BCUT2D eigenvalue weighted by Gasteiger charge is 2.08.